The van der Waals surface area contributed by atoms with Crippen LogP contribution in [0.1, 0.15) is 71.1 Å². The highest BCUT2D eigenvalue weighted by Crippen LogP contribution is 2.10. The molecule has 1 atom stereocenters. The van der Waals surface area contributed by atoms with E-state index in [2.05, 4.69) is 13.0 Å². The number of allylic oxidation sites excluding steroid dienone is 1. The van der Waals surface area contributed by atoms with Gasteiger partial charge in [0.2, 0.25) is 0 Å². The first kappa shape index (κ1) is 16.7. The molecule has 0 aliphatic rings. The first-order valence-electron chi connectivity index (χ1n) is 7.36. The number of hydrogen-bond acceptors (Lipinski definition) is 2. The van der Waals surface area contributed by atoms with Gasteiger partial charge in [-0.1, -0.05) is 70.4 Å². The third kappa shape index (κ3) is 13.6. The lowest BCUT2D eigenvalue weighted by Crippen LogP contribution is -2.16. The Morgan fingerprint density at radius 2 is 1.47 bits per heavy atom. The fourth-order valence-electron chi connectivity index (χ4n) is 1.90. The van der Waals surface area contributed by atoms with Gasteiger partial charge >= 0.3 is 0 Å². The van der Waals surface area contributed by atoms with Gasteiger partial charge < -0.3 is 10.8 Å². The molecule has 0 aliphatic carbocycles. The number of aliphatic hydroxyl groups excluding tert-OH is 1. The summed E-state index contributed by atoms with van der Waals surface area (Å²) in [4.78, 5) is 0. The largest absolute Gasteiger partial charge is 0.388 e. The van der Waals surface area contributed by atoms with Crippen molar-refractivity contribution in [3.8, 4) is 0 Å². The van der Waals surface area contributed by atoms with Crippen molar-refractivity contribution >= 4 is 0 Å². The highest BCUT2D eigenvalue weighted by molar-refractivity contribution is 4.88. The molecule has 17 heavy (non-hydrogen) atoms. The summed E-state index contributed by atoms with van der Waals surface area (Å²) in [5, 5.41) is 9.19. The van der Waals surface area contributed by atoms with E-state index in [-0.39, 0.29) is 0 Å². The Kier molecular flexibility index (Phi) is 13.4. The highest BCUT2D eigenvalue weighted by atomic mass is 16.3. The lowest BCUT2D eigenvalue weighted by molar-refractivity contribution is 0.231. The number of aliphatic hydroxyl groups is 1. The Bertz CT molecular complexity index is 168. The quantitative estimate of drug-likeness (QED) is 0.403. The van der Waals surface area contributed by atoms with Crippen molar-refractivity contribution in [3.05, 3.63) is 12.2 Å². The zero-order valence-electron chi connectivity index (χ0n) is 11.5. The minimum Gasteiger partial charge on any atom is -0.388 e. The molecule has 0 aromatic carbocycles. The van der Waals surface area contributed by atoms with Crippen LogP contribution in [0, 0.1) is 0 Å². The molecule has 102 valence electrons. The molecular weight excluding hydrogens is 210 g/mol. The lowest BCUT2D eigenvalue weighted by Gasteiger charge is -2.01. The van der Waals surface area contributed by atoms with E-state index >= 15 is 0 Å². The maximum absolute atomic E-state index is 9.19. The molecule has 0 aromatic heterocycles. The van der Waals surface area contributed by atoms with Gasteiger partial charge in [0, 0.05) is 6.54 Å². The lowest BCUT2D eigenvalue weighted by atomic mass is 10.1. The summed E-state index contributed by atoms with van der Waals surface area (Å²) in [7, 11) is 0. The number of rotatable bonds is 12. The standard InChI is InChI=1S/C15H31NO/c1-2-3-4-5-6-7-8-9-10-11-12-13-15(17)14-16/h12-13,15,17H,2-11,14,16H2,1H3. The predicted molar refractivity (Wildman–Crippen MR) is 76.0 cm³/mol. The molecule has 0 radical (unpaired) electrons. The van der Waals surface area contributed by atoms with Crippen LogP contribution in [0.3, 0.4) is 0 Å². The average molecular weight is 241 g/mol. The molecule has 3 N–H and O–H groups in total. The fourth-order valence-corrected chi connectivity index (χ4v) is 1.90. The van der Waals surface area contributed by atoms with Crippen molar-refractivity contribution in [3.63, 3.8) is 0 Å². The number of unbranched alkanes of at least 4 members (excludes halogenated alkanes) is 9. The van der Waals surface area contributed by atoms with Crippen molar-refractivity contribution in [1.29, 1.82) is 0 Å². The van der Waals surface area contributed by atoms with Gasteiger partial charge in [-0.15, -0.1) is 0 Å². The summed E-state index contributed by atoms with van der Waals surface area (Å²) >= 11 is 0. The fraction of sp³-hybridized carbons (Fsp3) is 0.867. The van der Waals surface area contributed by atoms with Crippen molar-refractivity contribution in [2.45, 2.75) is 77.2 Å². The maximum Gasteiger partial charge on any atom is 0.0843 e. The van der Waals surface area contributed by atoms with Gasteiger partial charge in [0.05, 0.1) is 6.10 Å². The smallest absolute Gasteiger partial charge is 0.0843 e. The van der Waals surface area contributed by atoms with E-state index in [1.807, 2.05) is 6.08 Å². The molecule has 0 bridgehead atoms. The molecule has 0 aromatic rings. The van der Waals surface area contributed by atoms with E-state index in [4.69, 9.17) is 5.73 Å². The summed E-state index contributed by atoms with van der Waals surface area (Å²) in [5.74, 6) is 0. The topological polar surface area (TPSA) is 46.2 Å². The maximum atomic E-state index is 9.19. The van der Waals surface area contributed by atoms with Gasteiger partial charge in [-0.25, -0.2) is 0 Å². The molecule has 0 amide bonds. The van der Waals surface area contributed by atoms with Crippen molar-refractivity contribution in [1.82, 2.24) is 0 Å². The summed E-state index contributed by atoms with van der Waals surface area (Å²) < 4.78 is 0. The van der Waals surface area contributed by atoms with Crippen LogP contribution in [0.4, 0.5) is 0 Å². The van der Waals surface area contributed by atoms with E-state index in [0.29, 0.717) is 6.54 Å². The Morgan fingerprint density at radius 3 is 2.00 bits per heavy atom. The Hall–Kier alpha value is -0.340. The SMILES string of the molecule is CCCCCCCCCCCC=CC(O)CN. The Morgan fingerprint density at radius 1 is 0.941 bits per heavy atom. The minimum absolute atomic E-state index is 0.328. The van der Waals surface area contributed by atoms with Crippen LogP contribution in [0.15, 0.2) is 12.2 Å². The van der Waals surface area contributed by atoms with Crippen molar-refractivity contribution < 1.29 is 5.11 Å². The summed E-state index contributed by atoms with van der Waals surface area (Å²) in [6, 6.07) is 0. The summed E-state index contributed by atoms with van der Waals surface area (Å²) in [5.41, 5.74) is 5.30. The summed E-state index contributed by atoms with van der Waals surface area (Å²) in [6.07, 6.45) is 16.8. The van der Waals surface area contributed by atoms with E-state index in [0.717, 1.165) is 6.42 Å². The second kappa shape index (κ2) is 13.7. The van der Waals surface area contributed by atoms with Crippen LogP contribution in [0.25, 0.3) is 0 Å². The predicted octanol–water partition coefficient (Wildman–Crippen LogP) is 3.78. The molecule has 0 rings (SSSR count). The van der Waals surface area contributed by atoms with Crippen LogP contribution < -0.4 is 5.73 Å². The van der Waals surface area contributed by atoms with Gasteiger partial charge in [0.1, 0.15) is 0 Å². The average Bonchev–Trinajstić information content (AvgIpc) is 2.35. The first-order valence-corrected chi connectivity index (χ1v) is 7.36. The van der Waals surface area contributed by atoms with Crippen molar-refractivity contribution in [2.75, 3.05) is 6.54 Å². The zero-order chi connectivity index (χ0) is 12.8. The third-order valence-corrected chi connectivity index (χ3v) is 3.07. The molecule has 0 fully saturated rings. The van der Waals surface area contributed by atoms with E-state index in [1.54, 1.807) is 0 Å². The van der Waals surface area contributed by atoms with Gasteiger partial charge in [-0.3, -0.25) is 0 Å². The first-order chi connectivity index (χ1) is 8.31. The van der Waals surface area contributed by atoms with Gasteiger partial charge in [0.15, 0.2) is 0 Å². The minimum atomic E-state index is -0.450. The number of hydrogen-bond donors (Lipinski definition) is 2. The van der Waals surface area contributed by atoms with Crippen LogP contribution in [-0.2, 0) is 0 Å². The van der Waals surface area contributed by atoms with Crippen LogP contribution in [0.5, 0.6) is 0 Å². The highest BCUT2D eigenvalue weighted by Gasteiger charge is 1.93. The van der Waals surface area contributed by atoms with Crippen LogP contribution in [0.2, 0.25) is 0 Å². The van der Waals surface area contributed by atoms with Gasteiger partial charge in [0.25, 0.3) is 0 Å². The summed E-state index contributed by atoms with van der Waals surface area (Å²) in [6.45, 7) is 2.59. The molecule has 0 saturated carbocycles. The Balaban J connectivity index is 3.06. The molecule has 2 heteroatoms. The van der Waals surface area contributed by atoms with E-state index in [9.17, 15) is 5.11 Å². The molecule has 1 unspecified atom stereocenters. The van der Waals surface area contributed by atoms with Gasteiger partial charge in [-0.05, 0) is 12.8 Å². The van der Waals surface area contributed by atoms with Crippen molar-refractivity contribution in [2.24, 2.45) is 5.73 Å². The molecule has 0 spiro atoms. The van der Waals surface area contributed by atoms with Crippen LogP contribution in [-0.4, -0.2) is 17.8 Å². The second-order valence-electron chi connectivity index (χ2n) is 4.85. The molecular formula is C15H31NO. The van der Waals surface area contributed by atoms with Crippen LogP contribution >= 0.6 is 0 Å². The third-order valence-electron chi connectivity index (χ3n) is 3.07. The van der Waals surface area contributed by atoms with Gasteiger partial charge in [-0.2, -0.15) is 0 Å². The zero-order valence-corrected chi connectivity index (χ0v) is 11.5. The van der Waals surface area contributed by atoms with E-state index in [1.165, 1.54) is 57.8 Å². The normalized spacial score (nSPS) is 13.4. The molecule has 0 aliphatic heterocycles. The number of nitrogens with two attached hydrogens (primary N) is 1. The molecule has 0 heterocycles. The Labute approximate surface area is 107 Å². The second-order valence-corrected chi connectivity index (χ2v) is 4.85. The molecule has 2 nitrogen and oxygen atoms in total. The monoisotopic (exact) mass is 241 g/mol. The molecule has 0 saturated heterocycles. The van der Waals surface area contributed by atoms with E-state index < -0.39 is 6.10 Å².